The van der Waals surface area contributed by atoms with E-state index in [0.29, 0.717) is 63.2 Å². The maximum atomic E-state index is 15.3. The number of hydrogen-bond donors (Lipinski definition) is 3. The molecule has 5 aliphatic heterocycles. The average Bonchev–Trinajstić information content (AvgIpc) is 4.41. The lowest BCUT2D eigenvalue weighted by molar-refractivity contribution is -0.155. The van der Waals surface area contributed by atoms with E-state index in [2.05, 4.69) is 54.3 Å². The molecule has 4 aromatic rings. The number of ether oxygens (including phenoxy) is 2. The highest BCUT2D eigenvalue weighted by Gasteiger charge is 2.65. The van der Waals surface area contributed by atoms with Crippen molar-refractivity contribution in [1.82, 2.24) is 39.4 Å². The van der Waals surface area contributed by atoms with Crippen molar-refractivity contribution in [2.75, 3.05) is 39.9 Å². The summed E-state index contributed by atoms with van der Waals surface area (Å²) in [6.45, 7) is 16.2. The van der Waals surface area contributed by atoms with E-state index in [1.807, 2.05) is 55.1 Å². The van der Waals surface area contributed by atoms with Gasteiger partial charge >= 0.3 is 5.97 Å². The van der Waals surface area contributed by atoms with Crippen LogP contribution in [-0.4, -0.2) is 142 Å². The molecule has 4 amide bonds. The number of aryl methyl sites for hydroxylation is 1. The molecule has 1 spiro atoms. The molecule has 7 heterocycles. The molecule has 79 heavy (non-hydrogen) atoms. The Kier molecular flexibility index (Phi) is 14.9. The number of nitrogens with one attached hydrogen (secondary N) is 2. The number of carbonyl (C=O) groups is 5. The van der Waals surface area contributed by atoms with Crippen LogP contribution in [0.15, 0.2) is 54.7 Å². The summed E-state index contributed by atoms with van der Waals surface area (Å²) in [6.07, 6.45) is 9.34. The molecule has 11 rings (SSSR count). The number of aromatic nitrogens is 2. The van der Waals surface area contributed by atoms with Crippen molar-refractivity contribution < 1.29 is 42.8 Å². The minimum atomic E-state index is -1.33. The number of likely N-dealkylation sites (tertiary alicyclic amines) is 2. The molecular weight excluding hydrogens is 1020 g/mol. The summed E-state index contributed by atoms with van der Waals surface area (Å²) in [4.78, 5) is 82.4. The number of esters is 1. The molecule has 2 aromatic heterocycles. The predicted octanol–water partition coefficient (Wildman–Crippen LogP) is 7.39. The first-order valence-electron chi connectivity index (χ1n) is 29.0. The number of phenols is 1. The maximum Gasteiger partial charge on any atom is 0.324 e. The Balaban J connectivity index is 0.918. The van der Waals surface area contributed by atoms with E-state index in [1.165, 1.54) is 5.01 Å². The van der Waals surface area contributed by atoms with Crippen molar-refractivity contribution in [2.45, 2.75) is 173 Å². The Morgan fingerprint density at radius 1 is 0.975 bits per heavy atom. The zero-order valence-electron chi connectivity index (χ0n) is 47.3. The van der Waals surface area contributed by atoms with Crippen LogP contribution in [0.3, 0.4) is 0 Å². The van der Waals surface area contributed by atoms with Crippen molar-refractivity contribution >= 4 is 51.5 Å². The molecule has 2 unspecified atom stereocenters. The fraction of sp³-hybridized carbons (Fsp3) is 0.607. The summed E-state index contributed by atoms with van der Waals surface area (Å²) in [6, 6.07) is 12.3. The number of carbonyl (C=O) groups excluding carboxylic acids is 5. The number of aromatic hydroxyl groups is 1. The summed E-state index contributed by atoms with van der Waals surface area (Å²) in [5.74, 6) is -1.31. The van der Waals surface area contributed by atoms with Crippen LogP contribution in [-0.2, 0) is 63.8 Å². The molecule has 2 aliphatic carbocycles. The molecular formula is C61H80N8O9S. The van der Waals surface area contributed by atoms with E-state index in [4.69, 9.17) is 14.5 Å². The molecule has 6 bridgehead atoms. The number of hydrogen-bond acceptors (Lipinski definition) is 11. The highest BCUT2D eigenvalue weighted by molar-refractivity contribution is 7.84. The van der Waals surface area contributed by atoms with Crippen LogP contribution in [0.5, 0.6) is 5.75 Å². The average molecular weight is 1100 g/mol. The number of benzene rings is 2. The number of amides is 4. The molecule has 4 saturated heterocycles. The second kappa shape index (κ2) is 21.3. The van der Waals surface area contributed by atoms with E-state index in [-0.39, 0.29) is 61.7 Å². The van der Waals surface area contributed by atoms with Crippen LogP contribution in [0.1, 0.15) is 136 Å². The SMILES string of the molecule is CCn1c(-c2cccnc2[C@H](C)OC)c2c3cc(ccc31)-c1cc(O)cc(c1)C[C@H](NC(=O)[C@H](C1CCCC1)N1CC[C@]3(CCN(C(=O)[C@H]4[C@@H](C5CC5)N4S(=O)C(C)(C)C)C3)C1=O)C(=O)N1CCC[C@H](N1)C(=O)OCC(C)(C)C2. The monoisotopic (exact) mass is 1100 g/mol. The second-order valence-corrected chi connectivity index (χ2v) is 27.7. The van der Waals surface area contributed by atoms with Gasteiger partial charge in [0.05, 0.1) is 40.3 Å². The van der Waals surface area contributed by atoms with Crippen molar-refractivity contribution in [3.8, 4) is 28.1 Å². The van der Waals surface area contributed by atoms with Gasteiger partial charge in [-0.3, -0.25) is 34.0 Å². The van der Waals surface area contributed by atoms with E-state index in [9.17, 15) is 18.9 Å². The van der Waals surface area contributed by atoms with Crippen molar-refractivity contribution in [1.29, 1.82) is 0 Å². The van der Waals surface area contributed by atoms with Crippen LogP contribution >= 0.6 is 0 Å². The number of cyclic esters (lactones) is 1. The van der Waals surface area contributed by atoms with Gasteiger partial charge in [-0.15, -0.1) is 0 Å². The third-order valence-electron chi connectivity index (χ3n) is 18.2. The van der Waals surface area contributed by atoms with Crippen molar-refractivity contribution in [3.05, 3.63) is 71.5 Å². The van der Waals surface area contributed by atoms with E-state index in [0.717, 1.165) is 83.1 Å². The number of pyridine rings is 1. The molecule has 2 aromatic carbocycles. The zero-order chi connectivity index (χ0) is 55.9. The highest BCUT2D eigenvalue weighted by atomic mass is 32.2. The fourth-order valence-electron chi connectivity index (χ4n) is 13.9. The van der Waals surface area contributed by atoms with Gasteiger partial charge in [0.2, 0.25) is 17.7 Å². The van der Waals surface area contributed by atoms with Gasteiger partial charge < -0.3 is 34.3 Å². The predicted molar refractivity (Wildman–Crippen MR) is 301 cm³/mol. The van der Waals surface area contributed by atoms with Gasteiger partial charge in [-0.05, 0) is 163 Å². The first kappa shape index (κ1) is 55.2. The Morgan fingerprint density at radius 3 is 2.46 bits per heavy atom. The van der Waals surface area contributed by atoms with Gasteiger partial charge in [0.1, 0.15) is 40.9 Å². The first-order valence-corrected chi connectivity index (χ1v) is 30.1. The van der Waals surface area contributed by atoms with E-state index < -0.39 is 68.5 Å². The Hall–Kier alpha value is -5.69. The van der Waals surface area contributed by atoms with Gasteiger partial charge in [0.15, 0.2) is 0 Å². The number of methoxy groups -OCH3 is 1. The lowest BCUT2D eigenvalue weighted by atomic mass is 9.84. The number of phenolic OH excluding ortho intramolecular Hbond substituents is 1. The second-order valence-electron chi connectivity index (χ2n) is 25.6. The van der Waals surface area contributed by atoms with Gasteiger partial charge in [-0.1, -0.05) is 38.8 Å². The highest BCUT2D eigenvalue weighted by Crippen LogP contribution is 2.52. The summed E-state index contributed by atoms with van der Waals surface area (Å²) in [7, 11) is 0.345. The number of rotatable bonds is 11. The van der Waals surface area contributed by atoms with Gasteiger partial charge in [0.25, 0.3) is 5.91 Å². The minimum absolute atomic E-state index is 0.000890. The third-order valence-corrected chi connectivity index (χ3v) is 20.1. The molecule has 3 N–H and O–H groups in total. The van der Waals surface area contributed by atoms with Crippen LogP contribution in [0.2, 0.25) is 0 Å². The Labute approximate surface area is 467 Å². The fourth-order valence-corrected chi connectivity index (χ4v) is 15.4. The largest absolute Gasteiger partial charge is 0.508 e. The summed E-state index contributed by atoms with van der Waals surface area (Å²) in [5.41, 5.74) is 8.81. The minimum Gasteiger partial charge on any atom is -0.508 e. The van der Waals surface area contributed by atoms with Gasteiger partial charge in [-0.2, -0.15) is 0 Å². The molecule has 18 heteroatoms. The van der Waals surface area contributed by atoms with Crippen LogP contribution in [0.4, 0.5) is 0 Å². The zero-order valence-corrected chi connectivity index (χ0v) is 48.2. The normalized spacial score (nSPS) is 27.8. The first-order chi connectivity index (χ1) is 37.7. The van der Waals surface area contributed by atoms with Crippen molar-refractivity contribution in [3.63, 3.8) is 0 Å². The molecule has 424 valence electrons. The standard InChI is InChI=1S/C61H80N8O9S/c1-9-66-48-21-20-40-32-44(48)45(52(66)43-16-12-24-62-49(43)36(2)77-8)33-60(6,7)35-78-57(74)46-17-13-25-68(64-46)55(72)47(30-37-28-41(40)31-42(70)29-37)63-54(71)51(38-14-10-11-15-38)67-27-23-61(58(67)75)22-26-65(34-61)56(73)53-50(39-18-19-39)69(53)79(76)59(3,4)5/h12,16,20-21,24,28-29,31-32,36,38-39,46-47,50-51,53,64,70H,9-11,13-15,17-19,22-23,25-27,30,33-35H2,1-8H3,(H,63,71)/t36-,46-,47-,50+,51-,53+,61-,69?,79?/m0/s1. The Bertz CT molecular complexity index is 3090. The summed E-state index contributed by atoms with van der Waals surface area (Å²) in [5, 5.41) is 17.2. The smallest absolute Gasteiger partial charge is 0.324 e. The third kappa shape index (κ3) is 10.5. The van der Waals surface area contributed by atoms with E-state index >= 15 is 14.4 Å². The number of hydrazine groups is 1. The lowest BCUT2D eigenvalue weighted by Gasteiger charge is -2.37. The molecule has 17 nitrogen and oxygen atoms in total. The number of fused-ring (bicyclic) bond motifs is 6. The maximum absolute atomic E-state index is 15.3. The molecule has 2 saturated carbocycles. The topological polar surface area (TPSA) is 196 Å². The Morgan fingerprint density at radius 2 is 1.73 bits per heavy atom. The number of nitrogens with zero attached hydrogens (tertiary/aromatic N) is 6. The van der Waals surface area contributed by atoms with Gasteiger partial charge in [0, 0.05) is 74.3 Å². The lowest BCUT2D eigenvalue weighted by Crippen LogP contribution is -2.62. The molecule has 7 aliphatic rings. The van der Waals surface area contributed by atoms with E-state index in [1.54, 1.807) is 30.3 Å². The quantitative estimate of drug-likeness (QED) is 0.100. The molecule has 9 atom stereocenters. The van der Waals surface area contributed by atoms with Crippen LogP contribution < -0.4 is 10.7 Å². The van der Waals surface area contributed by atoms with Crippen molar-refractivity contribution in [2.24, 2.45) is 22.7 Å². The molecule has 0 radical (unpaired) electrons. The summed E-state index contributed by atoms with van der Waals surface area (Å²) < 4.78 is 29.4. The molecule has 6 fully saturated rings. The van der Waals surface area contributed by atoms with Crippen LogP contribution in [0, 0.1) is 22.7 Å². The van der Waals surface area contributed by atoms with Gasteiger partial charge in [-0.25, -0.2) is 13.9 Å². The summed E-state index contributed by atoms with van der Waals surface area (Å²) >= 11 is 0. The van der Waals surface area contributed by atoms with Crippen LogP contribution in [0.25, 0.3) is 33.3 Å².